The summed E-state index contributed by atoms with van der Waals surface area (Å²) < 4.78 is 1.79. The van der Waals surface area contributed by atoms with Gasteiger partial charge in [0.1, 0.15) is 0 Å². The lowest BCUT2D eigenvalue weighted by Crippen LogP contribution is -2.35. The summed E-state index contributed by atoms with van der Waals surface area (Å²) in [6, 6.07) is 9.96. The van der Waals surface area contributed by atoms with E-state index in [1.807, 2.05) is 35.4 Å². The molecule has 1 aromatic heterocycles. The van der Waals surface area contributed by atoms with Crippen LogP contribution in [0.5, 0.6) is 0 Å². The fourth-order valence-electron chi connectivity index (χ4n) is 2.49. The third kappa shape index (κ3) is 2.72. The first-order valence-corrected chi connectivity index (χ1v) is 6.91. The maximum atomic E-state index is 12.5. The molecule has 1 aromatic carbocycles. The van der Waals surface area contributed by atoms with Gasteiger partial charge in [-0.25, -0.2) is 0 Å². The summed E-state index contributed by atoms with van der Waals surface area (Å²) in [7, 11) is 0. The second kappa shape index (κ2) is 5.88. The Balaban J connectivity index is 1.73. The highest BCUT2D eigenvalue weighted by atomic mass is 16.2. The van der Waals surface area contributed by atoms with Crippen molar-refractivity contribution < 1.29 is 4.79 Å². The van der Waals surface area contributed by atoms with Crippen LogP contribution in [0.15, 0.2) is 42.7 Å². The molecule has 0 bridgehead atoms. The molecule has 5 heteroatoms. The molecule has 1 N–H and O–H groups in total. The molecule has 0 aliphatic carbocycles. The number of benzene rings is 1. The molecule has 0 fully saturated rings. The molecule has 104 valence electrons. The number of nitrogens with zero attached hydrogens (tertiary/aromatic N) is 3. The van der Waals surface area contributed by atoms with Gasteiger partial charge in [0.15, 0.2) is 0 Å². The van der Waals surface area contributed by atoms with Crippen molar-refractivity contribution in [3.63, 3.8) is 0 Å². The number of nitrogens with one attached hydrogen (secondary N) is 1. The number of hydrogen-bond donors (Lipinski definition) is 1. The molecule has 3 rings (SSSR count). The number of amides is 1. The molecular weight excluding hydrogens is 252 g/mol. The molecule has 5 nitrogen and oxygen atoms in total. The van der Waals surface area contributed by atoms with Gasteiger partial charge in [-0.2, -0.15) is 5.10 Å². The SMILES string of the molecule is O=C(CCn1cccn1)N1CCNCc2ccccc21. The number of carbonyl (C=O) groups excluding carboxylic acids is 1. The number of carbonyl (C=O) groups is 1. The lowest BCUT2D eigenvalue weighted by atomic mass is 10.1. The number of fused-ring (bicyclic) bond motifs is 1. The topological polar surface area (TPSA) is 50.2 Å². The quantitative estimate of drug-likeness (QED) is 0.917. The lowest BCUT2D eigenvalue weighted by Gasteiger charge is -2.22. The third-order valence-electron chi connectivity index (χ3n) is 3.53. The van der Waals surface area contributed by atoms with Gasteiger partial charge in [0.05, 0.1) is 0 Å². The second-order valence-corrected chi connectivity index (χ2v) is 4.87. The van der Waals surface area contributed by atoms with E-state index in [1.54, 1.807) is 10.9 Å². The summed E-state index contributed by atoms with van der Waals surface area (Å²) in [5, 5.41) is 7.48. The van der Waals surface area contributed by atoms with Crippen molar-refractivity contribution >= 4 is 11.6 Å². The van der Waals surface area contributed by atoms with E-state index in [9.17, 15) is 4.79 Å². The van der Waals surface area contributed by atoms with Gasteiger partial charge in [0, 0.05) is 50.7 Å². The predicted octanol–water partition coefficient (Wildman–Crippen LogP) is 1.41. The first-order chi connectivity index (χ1) is 9.84. The van der Waals surface area contributed by atoms with Crippen molar-refractivity contribution in [3.8, 4) is 0 Å². The zero-order chi connectivity index (χ0) is 13.8. The van der Waals surface area contributed by atoms with E-state index in [0.717, 1.165) is 25.3 Å². The average Bonchev–Trinajstić information content (AvgIpc) is 2.90. The third-order valence-corrected chi connectivity index (χ3v) is 3.53. The molecule has 0 radical (unpaired) electrons. The van der Waals surface area contributed by atoms with Crippen molar-refractivity contribution in [2.24, 2.45) is 0 Å². The van der Waals surface area contributed by atoms with E-state index in [1.165, 1.54) is 5.56 Å². The van der Waals surface area contributed by atoms with Gasteiger partial charge in [-0.1, -0.05) is 18.2 Å². The van der Waals surface area contributed by atoms with Crippen molar-refractivity contribution in [2.45, 2.75) is 19.5 Å². The maximum Gasteiger partial charge on any atom is 0.228 e. The minimum Gasteiger partial charge on any atom is -0.311 e. The molecule has 0 spiro atoms. The smallest absolute Gasteiger partial charge is 0.228 e. The van der Waals surface area contributed by atoms with E-state index < -0.39 is 0 Å². The van der Waals surface area contributed by atoms with E-state index in [2.05, 4.69) is 16.5 Å². The predicted molar refractivity (Wildman–Crippen MR) is 77.3 cm³/mol. The Morgan fingerprint density at radius 1 is 1.30 bits per heavy atom. The van der Waals surface area contributed by atoms with Crippen LogP contribution >= 0.6 is 0 Å². The van der Waals surface area contributed by atoms with Gasteiger partial charge in [0.25, 0.3) is 0 Å². The van der Waals surface area contributed by atoms with Gasteiger partial charge >= 0.3 is 0 Å². The van der Waals surface area contributed by atoms with Crippen molar-refractivity contribution in [3.05, 3.63) is 48.3 Å². The molecule has 0 atom stereocenters. The van der Waals surface area contributed by atoms with Gasteiger partial charge < -0.3 is 10.2 Å². The zero-order valence-corrected chi connectivity index (χ0v) is 11.3. The van der Waals surface area contributed by atoms with Crippen LogP contribution in [0.2, 0.25) is 0 Å². The van der Waals surface area contributed by atoms with Crippen LogP contribution in [-0.2, 0) is 17.9 Å². The van der Waals surface area contributed by atoms with Crippen LogP contribution in [0.3, 0.4) is 0 Å². The number of rotatable bonds is 3. The molecule has 1 aliphatic rings. The van der Waals surface area contributed by atoms with E-state index in [4.69, 9.17) is 0 Å². The van der Waals surface area contributed by atoms with Gasteiger partial charge in [-0.3, -0.25) is 9.48 Å². The standard InChI is InChI=1S/C15H18N4O/c20-15(6-10-18-9-3-7-17-18)19-11-8-16-12-13-4-1-2-5-14(13)19/h1-5,7,9,16H,6,8,10-12H2. The zero-order valence-electron chi connectivity index (χ0n) is 11.3. The largest absolute Gasteiger partial charge is 0.311 e. The number of aromatic nitrogens is 2. The number of aryl methyl sites for hydroxylation is 1. The van der Waals surface area contributed by atoms with E-state index in [-0.39, 0.29) is 5.91 Å². The summed E-state index contributed by atoms with van der Waals surface area (Å²) in [4.78, 5) is 14.4. The minimum absolute atomic E-state index is 0.150. The fourth-order valence-corrected chi connectivity index (χ4v) is 2.49. The normalized spacial score (nSPS) is 14.7. The van der Waals surface area contributed by atoms with Crippen LogP contribution in [0.4, 0.5) is 5.69 Å². The van der Waals surface area contributed by atoms with Crippen molar-refractivity contribution in [1.82, 2.24) is 15.1 Å². The van der Waals surface area contributed by atoms with Crippen LogP contribution in [0, 0.1) is 0 Å². The molecule has 2 heterocycles. The first kappa shape index (κ1) is 12.9. The molecule has 0 saturated heterocycles. The summed E-state index contributed by atoms with van der Waals surface area (Å²) in [6.07, 6.45) is 4.08. The Morgan fingerprint density at radius 3 is 3.05 bits per heavy atom. The van der Waals surface area contributed by atoms with Crippen molar-refractivity contribution in [2.75, 3.05) is 18.0 Å². The Hall–Kier alpha value is -2.14. The summed E-state index contributed by atoms with van der Waals surface area (Å²) in [5.41, 5.74) is 2.21. The fraction of sp³-hybridized carbons (Fsp3) is 0.333. The summed E-state index contributed by atoms with van der Waals surface area (Å²) in [6.45, 7) is 2.98. The monoisotopic (exact) mass is 270 g/mol. The highest BCUT2D eigenvalue weighted by molar-refractivity contribution is 5.94. The molecule has 1 aliphatic heterocycles. The van der Waals surface area contributed by atoms with Crippen LogP contribution in [0.25, 0.3) is 0 Å². The first-order valence-electron chi connectivity index (χ1n) is 6.91. The van der Waals surface area contributed by atoms with Crippen molar-refractivity contribution in [1.29, 1.82) is 0 Å². The highest BCUT2D eigenvalue weighted by Crippen LogP contribution is 2.22. The Kier molecular flexibility index (Phi) is 3.78. The number of hydrogen-bond acceptors (Lipinski definition) is 3. The molecule has 2 aromatic rings. The molecule has 20 heavy (non-hydrogen) atoms. The maximum absolute atomic E-state index is 12.5. The molecule has 0 unspecified atom stereocenters. The Morgan fingerprint density at radius 2 is 2.20 bits per heavy atom. The second-order valence-electron chi connectivity index (χ2n) is 4.87. The number of para-hydroxylation sites is 1. The van der Waals surface area contributed by atoms with E-state index >= 15 is 0 Å². The Labute approximate surface area is 118 Å². The van der Waals surface area contributed by atoms with Gasteiger partial charge in [-0.15, -0.1) is 0 Å². The molecular formula is C15H18N4O. The van der Waals surface area contributed by atoms with E-state index in [0.29, 0.717) is 13.0 Å². The highest BCUT2D eigenvalue weighted by Gasteiger charge is 2.20. The summed E-state index contributed by atoms with van der Waals surface area (Å²) in [5.74, 6) is 0.150. The van der Waals surface area contributed by atoms with Gasteiger partial charge in [-0.05, 0) is 17.7 Å². The van der Waals surface area contributed by atoms with Crippen LogP contribution in [0.1, 0.15) is 12.0 Å². The molecule has 0 saturated carbocycles. The number of anilines is 1. The summed E-state index contributed by atoms with van der Waals surface area (Å²) >= 11 is 0. The Bertz CT molecular complexity index is 579. The van der Waals surface area contributed by atoms with Gasteiger partial charge in [0.2, 0.25) is 5.91 Å². The van der Waals surface area contributed by atoms with Crippen LogP contribution in [-0.4, -0.2) is 28.8 Å². The lowest BCUT2D eigenvalue weighted by molar-refractivity contribution is -0.118. The molecule has 1 amide bonds. The average molecular weight is 270 g/mol. The van der Waals surface area contributed by atoms with Crippen LogP contribution < -0.4 is 10.2 Å². The minimum atomic E-state index is 0.150.